The molecule has 0 radical (unpaired) electrons. The Hall–Kier alpha value is -1.35. The maximum absolute atomic E-state index is 8.96. The Morgan fingerprint density at radius 1 is 1.47 bits per heavy atom. The molecule has 1 aromatic heterocycles. The number of halogens is 1. The second-order valence-electron chi connectivity index (χ2n) is 4.19. The van der Waals surface area contributed by atoms with Crippen LogP contribution in [0, 0.1) is 11.3 Å². The molecule has 0 aliphatic heterocycles. The van der Waals surface area contributed by atoms with E-state index in [1.807, 2.05) is 25.2 Å². The molecule has 0 saturated heterocycles. The van der Waals surface area contributed by atoms with Crippen LogP contribution in [0.15, 0.2) is 40.2 Å². The van der Waals surface area contributed by atoms with Crippen molar-refractivity contribution in [2.24, 2.45) is 5.73 Å². The zero-order valence-corrected chi connectivity index (χ0v) is 12.9. The highest BCUT2D eigenvalue weighted by Crippen LogP contribution is 2.31. The van der Waals surface area contributed by atoms with Gasteiger partial charge in [0.2, 0.25) is 0 Å². The minimum absolute atomic E-state index is 0.116. The summed E-state index contributed by atoms with van der Waals surface area (Å²) in [6.07, 6.45) is 0. The third kappa shape index (κ3) is 3.16. The van der Waals surface area contributed by atoms with E-state index >= 15 is 0 Å². The third-order valence-corrected chi connectivity index (χ3v) is 4.78. The molecule has 1 heterocycles. The fourth-order valence-electron chi connectivity index (χ4n) is 1.94. The number of nitrogens with zero attached hydrogens (tertiary/aromatic N) is 2. The lowest BCUT2D eigenvalue weighted by Gasteiger charge is -2.28. The normalized spacial score (nSPS) is 11.9. The number of hydrogen-bond acceptors (Lipinski definition) is 4. The maximum atomic E-state index is 8.96. The van der Waals surface area contributed by atoms with E-state index in [-0.39, 0.29) is 6.04 Å². The molecule has 3 nitrogen and oxygen atoms in total. The molecule has 2 rings (SSSR count). The van der Waals surface area contributed by atoms with E-state index < -0.39 is 0 Å². The van der Waals surface area contributed by atoms with Gasteiger partial charge in [0.1, 0.15) is 0 Å². The van der Waals surface area contributed by atoms with Gasteiger partial charge < -0.3 is 10.6 Å². The SMILES string of the molecule is CN(c1cccc(C#N)c1)C(CN)c1cc(Br)cs1. The molecule has 1 atom stereocenters. The van der Waals surface area contributed by atoms with Gasteiger partial charge in [0.05, 0.1) is 17.7 Å². The van der Waals surface area contributed by atoms with Crippen LogP contribution in [0.2, 0.25) is 0 Å². The molecule has 1 unspecified atom stereocenters. The van der Waals surface area contributed by atoms with Crippen molar-refractivity contribution in [3.8, 4) is 6.07 Å². The van der Waals surface area contributed by atoms with Crippen LogP contribution in [0.5, 0.6) is 0 Å². The van der Waals surface area contributed by atoms with Gasteiger partial charge in [-0.05, 0) is 40.2 Å². The summed E-state index contributed by atoms with van der Waals surface area (Å²) in [5.74, 6) is 0. The van der Waals surface area contributed by atoms with Crippen molar-refractivity contribution in [2.75, 3.05) is 18.5 Å². The molecular weight excluding hydrogens is 322 g/mol. The number of hydrogen-bond donors (Lipinski definition) is 1. The summed E-state index contributed by atoms with van der Waals surface area (Å²) in [6.45, 7) is 0.528. The summed E-state index contributed by atoms with van der Waals surface area (Å²) in [6, 6.07) is 11.9. The smallest absolute Gasteiger partial charge is 0.0992 e. The van der Waals surface area contributed by atoms with Crippen molar-refractivity contribution >= 4 is 33.0 Å². The Kier molecular flexibility index (Phi) is 4.59. The highest BCUT2D eigenvalue weighted by molar-refractivity contribution is 9.10. The van der Waals surface area contributed by atoms with Crippen LogP contribution in [-0.4, -0.2) is 13.6 Å². The van der Waals surface area contributed by atoms with Gasteiger partial charge in [-0.2, -0.15) is 5.26 Å². The number of anilines is 1. The number of benzene rings is 1. The number of nitrogens with two attached hydrogens (primary N) is 1. The lowest BCUT2D eigenvalue weighted by atomic mass is 10.1. The number of thiophene rings is 1. The van der Waals surface area contributed by atoms with Crippen molar-refractivity contribution < 1.29 is 0 Å². The first-order valence-corrected chi connectivity index (χ1v) is 7.50. The Labute approximate surface area is 125 Å². The van der Waals surface area contributed by atoms with Crippen LogP contribution >= 0.6 is 27.3 Å². The van der Waals surface area contributed by atoms with Gasteiger partial charge in [0.25, 0.3) is 0 Å². The molecule has 0 saturated carbocycles. The molecule has 0 bridgehead atoms. The van der Waals surface area contributed by atoms with Crippen LogP contribution < -0.4 is 10.6 Å². The van der Waals surface area contributed by atoms with Gasteiger partial charge in [0.15, 0.2) is 0 Å². The summed E-state index contributed by atoms with van der Waals surface area (Å²) in [4.78, 5) is 3.32. The topological polar surface area (TPSA) is 53.0 Å². The standard InChI is InChI=1S/C14H14BrN3S/c1-18(12-4-2-3-10(5-12)7-16)13(8-17)14-6-11(15)9-19-14/h2-6,9,13H,8,17H2,1H3. The molecule has 0 aliphatic rings. The predicted octanol–water partition coefficient (Wildman–Crippen LogP) is 3.52. The molecule has 2 N–H and O–H groups in total. The average molecular weight is 336 g/mol. The first-order chi connectivity index (χ1) is 9.15. The molecule has 2 aromatic rings. The van der Waals surface area contributed by atoms with Gasteiger partial charge in [-0.15, -0.1) is 11.3 Å². The quantitative estimate of drug-likeness (QED) is 0.929. The minimum atomic E-state index is 0.116. The molecule has 19 heavy (non-hydrogen) atoms. The molecule has 98 valence electrons. The van der Waals surface area contributed by atoms with E-state index in [1.54, 1.807) is 17.4 Å². The number of likely N-dealkylation sites (N-methyl/N-ethyl adjacent to an activating group) is 1. The second-order valence-corrected chi connectivity index (χ2v) is 6.05. The Morgan fingerprint density at radius 2 is 2.26 bits per heavy atom. The number of nitriles is 1. The fraction of sp³-hybridized carbons (Fsp3) is 0.214. The Balaban J connectivity index is 2.30. The summed E-state index contributed by atoms with van der Waals surface area (Å²) < 4.78 is 1.07. The molecule has 5 heteroatoms. The molecule has 0 spiro atoms. The monoisotopic (exact) mass is 335 g/mol. The lowest BCUT2D eigenvalue weighted by molar-refractivity contribution is 0.692. The summed E-state index contributed by atoms with van der Waals surface area (Å²) in [5, 5.41) is 11.0. The van der Waals surface area contributed by atoms with Crippen LogP contribution in [0.3, 0.4) is 0 Å². The maximum Gasteiger partial charge on any atom is 0.0992 e. The van der Waals surface area contributed by atoms with Crippen LogP contribution in [0.1, 0.15) is 16.5 Å². The van der Waals surface area contributed by atoms with Crippen molar-refractivity contribution in [3.05, 3.63) is 50.6 Å². The van der Waals surface area contributed by atoms with E-state index in [1.165, 1.54) is 4.88 Å². The fourth-order valence-corrected chi connectivity index (χ4v) is 3.54. The van der Waals surface area contributed by atoms with E-state index in [0.29, 0.717) is 12.1 Å². The zero-order valence-electron chi connectivity index (χ0n) is 10.5. The second kappa shape index (κ2) is 6.20. The largest absolute Gasteiger partial charge is 0.365 e. The molecule has 1 aromatic carbocycles. The van der Waals surface area contributed by atoms with Crippen molar-refractivity contribution in [1.82, 2.24) is 0 Å². The van der Waals surface area contributed by atoms with Gasteiger partial charge in [0, 0.05) is 34.0 Å². The summed E-state index contributed by atoms with van der Waals surface area (Å²) >= 11 is 5.15. The summed E-state index contributed by atoms with van der Waals surface area (Å²) in [5.41, 5.74) is 7.57. The highest BCUT2D eigenvalue weighted by Gasteiger charge is 2.18. The number of rotatable bonds is 4. The van der Waals surface area contributed by atoms with Crippen LogP contribution in [0.25, 0.3) is 0 Å². The van der Waals surface area contributed by atoms with Crippen LogP contribution in [0.4, 0.5) is 5.69 Å². The third-order valence-electron chi connectivity index (χ3n) is 2.99. The summed E-state index contributed by atoms with van der Waals surface area (Å²) in [7, 11) is 2.00. The average Bonchev–Trinajstić information content (AvgIpc) is 2.86. The Bertz CT molecular complexity index is 603. The minimum Gasteiger partial charge on any atom is -0.365 e. The van der Waals surface area contributed by atoms with E-state index in [0.717, 1.165) is 10.2 Å². The van der Waals surface area contributed by atoms with Gasteiger partial charge in [-0.3, -0.25) is 0 Å². The first-order valence-electron chi connectivity index (χ1n) is 5.82. The Morgan fingerprint density at radius 3 is 2.84 bits per heavy atom. The van der Waals surface area contributed by atoms with Crippen LogP contribution in [-0.2, 0) is 0 Å². The van der Waals surface area contributed by atoms with Gasteiger partial charge in [-0.25, -0.2) is 0 Å². The molecule has 0 aliphatic carbocycles. The lowest BCUT2D eigenvalue weighted by Crippen LogP contribution is -2.29. The molecule has 0 fully saturated rings. The van der Waals surface area contributed by atoms with E-state index in [9.17, 15) is 0 Å². The van der Waals surface area contributed by atoms with Gasteiger partial charge in [-0.1, -0.05) is 6.07 Å². The highest BCUT2D eigenvalue weighted by atomic mass is 79.9. The zero-order chi connectivity index (χ0) is 13.8. The van der Waals surface area contributed by atoms with E-state index in [4.69, 9.17) is 11.0 Å². The van der Waals surface area contributed by atoms with E-state index in [2.05, 4.69) is 38.3 Å². The van der Waals surface area contributed by atoms with Crippen molar-refractivity contribution in [2.45, 2.75) is 6.04 Å². The van der Waals surface area contributed by atoms with Crippen molar-refractivity contribution in [3.63, 3.8) is 0 Å². The van der Waals surface area contributed by atoms with Gasteiger partial charge >= 0.3 is 0 Å². The van der Waals surface area contributed by atoms with Crippen molar-refractivity contribution in [1.29, 1.82) is 5.26 Å². The predicted molar refractivity (Wildman–Crippen MR) is 83.4 cm³/mol. The molecular formula is C14H14BrN3S. The molecule has 0 amide bonds. The first kappa shape index (κ1) is 14.1.